The molecule has 0 atom stereocenters. The fourth-order valence-corrected chi connectivity index (χ4v) is 1.64. The van der Waals surface area contributed by atoms with E-state index >= 15 is 0 Å². The van der Waals surface area contributed by atoms with E-state index in [1.165, 1.54) is 4.90 Å². The van der Waals surface area contributed by atoms with E-state index in [4.69, 9.17) is 9.84 Å². The number of benzene rings is 1. The maximum absolute atomic E-state index is 11.8. The van der Waals surface area contributed by atoms with E-state index < -0.39 is 5.97 Å². The Morgan fingerprint density at radius 2 is 1.95 bits per heavy atom. The first-order valence-electron chi connectivity index (χ1n) is 6.24. The van der Waals surface area contributed by atoms with Crippen molar-refractivity contribution in [2.24, 2.45) is 0 Å². The quantitative estimate of drug-likeness (QED) is 0.766. The van der Waals surface area contributed by atoms with Gasteiger partial charge in [0.1, 0.15) is 13.2 Å². The molecule has 1 N–H and O–H groups in total. The molecule has 0 aliphatic carbocycles. The van der Waals surface area contributed by atoms with Crippen molar-refractivity contribution in [2.75, 3.05) is 26.3 Å². The molecular formula is C14H19NO4. The molecule has 0 aliphatic rings. The molecule has 1 aromatic rings. The van der Waals surface area contributed by atoms with Crippen molar-refractivity contribution >= 4 is 11.9 Å². The summed E-state index contributed by atoms with van der Waals surface area (Å²) in [4.78, 5) is 23.9. The van der Waals surface area contributed by atoms with Gasteiger partial charge in [-0.25, -0.2) is 0 Å². The summed E-state index contributed by atoms with van der Waals surface area (Å²) >= 11 is 0. The molecule has 0 fully saturated rings. The fourth-order valence-electron chi connectivity index (χ4n) is 1.64. The number of hydrogen-bond donors (Lipinski definition) is 1. The molecule has 19 heavy (non-hydrogen) atoms. The second-order valence-electron chi connectivity index (χ2n) is 4.08. The van der Waals surface area contributed by atoms with E-state index in [-0.39, 0.29) is 19.1 Å². The van der Waals surface area contributed by atoms with Crippen LogP contribution >= 0.6 is 0 Å². The lowest BCUT2D eigenvalue weighted by Gasteiger charge is -2.20. The van der Waals surface area contributed by atoms with Gasteiger partial charge in [0.05, 0.1) is 0 Å². The topological polar surface area (TPSA) is 66.8 Å². The third-order valence-corrected chi connectivity index (χ3v) is 2.62. The van der Waals surface area contributed by atoms with Crippen molar-refractivity contribution in [1.29, 1.82) is 0 Å². The van der Waals surface area contributed by atoms with Crippen LogP contribution < -0.4 is 0 Å². The summed E-state index contributed by atoms with van der Waals surface area (Å²) in [5.74, 6) is -1.31. The maximum atomic E-state index is 11.8. The van der Waals surface area contributed by atoms with Crippen LogP contribution in [0.5, 0.6) is 0 Å². The average Bonchev–Trinajstić information content (AvgIpc) is 2.41. The van der Waals surface area contributed by atoms with Gasteiger partial charge in [0.15, 0.2) is 0 Å². The van der Waals surface area contributed by atoms with Crippen molar-refractivity contribution in [2.45, 2.75) is 13.3 Å². The molecule has 0 aromatic heterocycles. The van der Waals surface area contributed by atoms with Crippen molar-refractivity contribution in [3.63, 3.8) is 0 Å². The van der Waals surface area contributed by atoms with Crippen LogP contribution in [0, 0.1) is 0 Å². The number of aliphatic carboxylic acids is 1. The number of carboxylic acids is 1. The lowest BCUT2D eigenvalue weighted by molar-refractivity contribution is -0.146. The maximum Gasteiger partial charge on any atom is 0.323 e. The Kier molecular flexibility index (Phi) is 6.60. The Balaban J connectivity index is 2.54. The van der Waals surface area contributed by atoms with Gasteiger partial charge in [0, 0.05) is 13.2 Å². The monoisotopic (exact) mass is 265 g/mol. The van der Waals surface area contributed by atoms with Crippen LogP contribution in [0.4, 0.5) is 0 Å². The van der Waals surface area contributed by atoms with Crippen LogP contribution in [0.3, 0.4) is 0 Å². The molecule has 5 nitrogen and oxygen atoms in total. The highest BCUT2D eigenvalue weighted by Crippen LogP contribution is 2.02. The summed E-state index contributed by atoms with van der Waals surface area (Å²) in [6.07, 6.45) is 0.631. The Hall–Kier alpha value is -1.88. The first-order valence-corrected chi connectivity index (χ1v) is 6.24. The van der Waals surface area contributed by atoms with Gasteiger partial charge in [-0.2, -0.15) is 0 Å². The second kappa shape index (κ2) is 8.26. The Bertz CT molecular complexity index is 405. The summed E-state index contributed by atoms with van der Waals surface area (Å²) in [7, 11) is 0. The number of ether oxygens (including phenoxy) is 1. The molecule has 104 valence electrons. The van der Waals surface area contributed by atoms with Crippen molar-refractivity contribution in [3.05, 3.63) is 35.9 Å². The zero-order valence-corrected chi connectivity index (χ0v) is 11.0. The summed E-state index contributed by atoms with van der Waals surface area (Å²) in [6, 6.07) is 9.65. The molecule has 0 saturated heterocycles. The molecular weight excluding hydrogens is 246 g/mol. The van der Waals surface area contributed by atoms with Gasteiger partial charge in [-0.3, -0.25) is 9.59 Å². The zero-order valence-electron chi connectivity index (χ0n) is 11.0. The Morgan fingerprint density at radius 1 is 1.26 bits per heavy atom. The fraction of sp³-hybridized carbons (Fsp3) is 0.429. The highest BCUT2D eigenvalue weighted by molar-refractivity contribution is 5.82. The Labute approximate surface area is 112 Å². The van der Waals surface area contributed by atoms with E-state index in [1.807, 2.05) is 30.3 Å². The molecule has 0 aliphatic heterocycles. The van der Waals surface area contributed by atoms with Crippen molar-refractivity contribution in [3.8, 4) is 0 Å². The molecule has 1 rings (SSSR count). The van der Waals surface area contributed by atoms with Gasteiger partial charge in [-0.1, -0.05) is 30.3 Å². The number of carbonyl (C=O) groups is 2. The largest absolute Gasteiger partial charge is 0.480 e. The predicted molar refractivity (Wildman–Crippen MR) is 70.9 cm³/mol. The number of rotatable bonds is 8. The highest BCUT2D eigenvalue weighted by Gasteiger charge is 2.16. The van der Waals surface area contributed by atoms with Crippen LogP contribution in [-0.2, 0) is 20.7 Å². The summed E-state index contributed by atoms with van der Waals surface area (Å²) in [5, 5.41) is 8.82. The summed E-state index contributed by atoms with van der Waals surface area (Å²) in [5.41, 5.74) is 1.07. The number of hydrogen-bond acceptors (Lipinski definition) is 3. The van der Waals surface area contributed by atoms with Crippen LogP contribution in [0.15, 0.2) is 30.3 Å². The van der Waals surface area contributed by atoms with Crippen molar-refractivity contribution < 1.29 is 19.4 Å². The smallest absolute Gasteiger partial charge is 0.323 e. The van der Waals surface area contributed by atoms with Gasteiger partial charge in [-0.15, -0.1) is 0 Å². The van der Waals surface area contributed by atoms with Crippen LogP contribution in [-0.4, -0.2) is 48.2 Å². The number of nitrogens with zero attached hydrogens (tertiary/aromatic N) is 1. The van der Waals surface area contributed by atoms with Crippen LogP contribution in [0.1, 0.15) is 12.5 Å². The van der Waals surface area contributed by atoms with E-state index in [0.717, 1.165) is 5.56 Å². The van der Waals surface area contributed by atoms with E-state index in [0.29, 0.717) is 19.6 Å². The molecule has 1 aromatic carbocycles. The average molecular weight is 265 g/mol. The molecule has 0 saturated carbocycles. The number of carboxylic acid groups (broad SMARTS) is 1. The Morgan fingerprint density at radius 3 is 2.53 bits per heavy atom. The minimum absolute atomic E-state index is 0.0709. The molecule has 5 heteroatoms. The minimum Gasteiger partial charge on any atom is -0.480 e. The lowest BCUT2D eigenvalue weighted by atomic mass is 10.1. The van der Waals surface area contributed by atoms with E-state index in [2.05, 4.69) is 0 Å². The minimum atomic E-state index is -1.02. The SMILES string of the molecule is CCOCC(=O)N(CCc1ccccc1)CC(=O)O. The molecule has 0 radical (unpaired) electrons. The van der Waals surface area contributed by atoms with E-state index in [9.17, 15) is 9.59 Å². The number of carbonyl (C=O) groups excluding carboxylic acids is 1. The molecule has 1 amide bonds. The zero-order chi connectivity index (χ0) is 14.1. The molecule has 0 heterocycles. The van der Waals surface area contributed by atoms with Crippen LogP contribution in [0.25, 0.3) is 0 Å². The number of amides is 1. The van der Waals surface area contributed by atoms with Crippen molar-refractivity contribution in [1.82, 2.24) is 4.90 Å². The predicted octanol–water partition coefficient (Wildman–Crippen LogP) is 1.18. The third kappa shape index (κ3) is 6.01. The summed E-state index contributed by atoms with van der Waals surface area (Å²) in [6.45, 7) is 2.24. The highest BCUT2D eigenvalue weighted by atomic mass is 16.5. The first-order chi connectivity index (χ1) is 9.13. The molecule has 0 spiro atoms. The van der Waals surface area contributed by atoms with Crippen LogP contribution in [0.2, 0.25) is 0 Å². The lowest BCUT2D eigenvalue weighted by Crippen LogP contribution is -2.39. The summed E-state index contributed by atoms with van der Waals surface area (Å²) < 4.78 is 5.03. The van der Waals surface area contributed by atoms with Gasteiger partial charge in [0.25, 0.3) is 0 Å². The van der Waals surface area contributed by atoms with Gasteiger partial charge < -0.3 is 14.7 Å². The standard InChI is InChI=1S/C14H19NO4/c1-2-19-11-13(16)15(10-14(17)18)9-8-12-6-4-3-5-7-12/h3-7H,2,8-11H2,1H3,(H,17,18). The first kappa shape index (κ1) is 15.2. The third-order valence-electron chi connectivity index (χ3n) is 2.62. The molecule has 0 unspecified atom stereocenters. The van der Waals surface area contributed by atoms with Gasteiger partial charge >= 0.3 is 5.97 Å². The van der Waals surface area contributed by atoms with Gasteiger partial charge in [0.2, 0.25) is 5.91 Å². The normalized spacial score (nSPS) is 10.2. The molecule has 0 bridgehead atoms. The van der Waals surface area contributed by atoms with E-state index in [1.54, 1.807) is 6.92 Å². The second-order valence-corrected chi connectivity index (χ2v) is 4.08. The van der Waals surface area contributed by atoms with Gasteiger partial charge in [-0.05, 0) is 18.9 Å².